The van der Waals surface area contributed by atoms with Gasteiger partial charge >= 0.3 is 0 Å². The van der Waals surface area contributed by atoms with Crippen LogP contribution >= 0.6 is 31.9 Å². The number of benzene rings is 10. The number of fused-ring (bicyclic) bond motifs is 6. The maximum absolute atomic E-state index is 3.68. The molecule has 0 atom stereocenters. The van der Waals surface area contributed by atoms with Crippen molar-refractivity contribution >= 4 is 92.0 Å². The predicted molar refractivity (Wildman–Crippen MR) is 242 cm³/mol. The number of hydrogen-bond donors (Lipinski definition) is 0. The summed E-state index contributed by atoms with van der Waals surface area (Å²) in [5, 5.41) is 9.84. The Morgan fingerprint density at radius 2 is 0.782 bits per heavy atom. The number of hydrogen-bond acceptors (Lipinski definition) is 1. The van der Waals surface area contributed by atoms with Crippen molar-refractivity contribution in [2.75, 3.05) is 4.90 Å². The Balaban J connectivity index is 1.23. The Morgan fingerprint density at radius 3 is 1.33 bits per heavy atom. The first-order chi connectivity index (χ1) is 27.1. The third kappa shape index (κ3) is 5.18. The third-order valence-corrected chi connectivity index (χ3v) is 12.2. The van der Waals surface area contributed by atoms with E-state index < -0.39 is 0 Å². The summed E-state index contributed by atoms with van der Waals surface area (Å²) in [7, 11) is 0. The van der Waals surface area contributed by atoms with Crippen LogP contribution in [0, 0.1) is 0 Å². The molecule has 1 nitrogen and oxygen atoms in total. The monoisotopic (exact) mass is 827 g/mol. The molecule has 0 radical (unpaired) electrons. The lowest BCUT2D eigenvalue weighted by Crippen LogP contribution is -2.10. The van der Waals surface area contributed by atoms with Crippen LogP contribution in [0.4, 0.5) is 17.1 Å². The molecule has 1 aliphatic carbocycles. The Morgan fingerprint density at radius 1 is 0.327 bits per heavy atom. The van der Waals surface area contributed by atoms with E-state index in [1.54, 1.807) is 0 Å². The van der Waals surface area contributed by atoms with Gasteiger partial charge in [0, 0.05) is 25.7 Å². The summed E-state index contributed by atoms with van der Waals surface area (Å²) in [6.07, 6.45) is 0. The van der Waals surface area contributed by atoms with Gasteiger partial charge < -0.3 is 4.90 Å². The fourth-order valence-corrected chi connectivity index (χ4v) is 9.66. The molecule has 0 spiro atoms. The number of halogens is 2. The number of anilines is 3. The van der Waals surface area contributed by atoms with Crippen molar-refractivity contribution in [2.24, 2.45) is 0 Å². The second kappa shape index (κ2) is 12.8. The van der Waals surface area contributed by atoms with E-state index >= 15 is 0 Å². The summed E-state index contributed by atoms with van der Waals surface area (Å²) in [5.41, 5.74) is 13.6. The lowest BCUT2D eigenvalue weighted by molar-refractivity contribution is 1.31. The standard InChI is InChI=1S/C52H31Br2N/c53-38-22-18-36-30-40(24-20-34(36)28-38)55(41-25-21-35-29-39(54)23-19-37(35)31-41)47-27-26-46-50-44(47)16-9-17-45(50)51-48(32-10-3-1-4-11-32)42-14-7-8-15-43(42)49(52(46)51)33-12-5-2-6-13-33/h1-31H. The van der Waals surface area contributed by atoms with E-state index in [4.69, 9.17) is 0 Å². The van der Waals surface area contributed by atoms with Gasteiger partial charge in [0.25, 0.3) is 0 Å². The van der Waals surface area contributed by atoms with Crippen LogP contribution in [0.2, 0.25) is 0 Å². The molecule has 0 N–H and O–H groups in total. The average Bonchev–Trinajstić information content (AvgIpc) is 3.56. The molecule has 1 aliphatic rings. The Hall–Kier alpha value is -6.00. The quantitative estimate of drug-likeness (QED) is 0.167. The highest BCUT2D eigenvalue weighted by Crippen LogP contribution is 2.59. The maximum atomic E-state index is 3.68. The first-order valence-electron chi connectivity index (χ1n) is 18.6. The zero-order valence-electron chi connectivity index (χ0n) is 29.6. The van der Waals surface area contributed by atoms with Crippen LogP contribution in [0.1, 0.15) is 0 Å². The minimum absolute atomic E-state index is 1.08. The Labute approximate surface area is 336 Å². The minimum atomic E-state index is 1.08. The van der Waals surface area contributed by atoms with Crippen LogP contribution < -0.4 is 4.90 Å². The Bertz CT molecular complexity index is 2990. The predicted octanol–water partition coefficient (Wildman–Crippen LogP) is 16.3. The average molecular weight is 830 g/mol. The van der Waals surface area contributed by atoms with E-state index in [1.165, 1.54) is 87.6 Å². The van der Waals surface area contributed by atoms with Gasteiger partial charge in [-0.3, -0.25) is 0 Å². The van der Waals surface area contributed by atoms with Crippen molar-refractivity contribution in [1.29, 1.82) is 0 Å². The van der Waals surface area contributed by atoms with Crippen molar-refractivity contribution in [1.82, 2.24) is 0 Å². The van der Waals surface area contributed by atoms with Gasteiger partial charge in [0.05, 0.1) is 5.69 Å². The van der Waals surface area contributed by atoms with E-state index in [1.807, 2.05) is 0 Å². The first kappa shape index (κ1) is 32.4. The molecule has 258 valence electrons. The molecular formula is C52H31Br2N. The maximum Gasteiger partial charge on any atom is 0.0540 e. The normalized spacial score (nSPS) is 11.8. The molecule has 0 bridgehead atoms. The van der Waals surface area contributed by atoms with Crippen LogP contribution in [0.3, 0.4) is 0 Å². The van der Waals surface area contributed by atoms with Gasteiger partial charge in [-0.1, -0.05) is 165 Å². The zero-order valence-corrected chi connectivity index (χ0v) is 32.8. The SMILES string of the molecule is Brc1ccc2cc(N(c3ccc4cc(Br)ccc4c3)c3ccc4c5c(cccc35)-c3c-4c(-c4ccccc4)c4ccccc4c3-c3ccccc3)ccc2c1. The Kier molecular flexibility index (Phi) is 7.55. The van der Waals surface area contributed by atoms with Gasteiger partial charge in [-0.25, -0.2) is 0 Å². The van der Waals surface area contributed by atoms with E-state index in [9.17, 15) is 0 Å². The first-order valence-corrected chi connectivity index (χ1v) is 20.1. The van der Waals surface area contributed by atoms with Crippen LogP contribution in [0.5, 0.6) is 0 Å². The van der Waals surface area contributed by atoms with Crippen LogP contribution in [-0.2, 0) is 0 Å². The fourth-order valence-electron chi connectivity index (χ4n) is 8.90. The highest BCUT2D eigenvalue weighted by molar-refractivity contribution is 9.10. The molecule has 0 saturated carbocycles. The summed E-state index contributed by atoms with van der Waals surface area (Å²) in [5.74, 6) is 0. The van der Waals surface area contributed by atoms with Crippen molar-refractivity contribution in [3.05, 3.63) is 197 Å². The second-order valence-corrected chi connectivity index (χ2v) is 16.2. The van der Waals surface area contributed by atoms with Gasteiger partial charge in [0.15, 0.2) is 0 Å². The fraction of sp³-hybridized carbons (Fsp3) is 0. The van der Waals surface area contributed by atoms with Gasteiger partial charge in [-0.15, -0.1) is 0 Å². The number of nitrogens with zero attached hydrogens (tertiary/aromatic N) is 1. The largest absolute Gasteiger partial charge is 0.310 e. The molecule has 10 aromatic carbocycles. The van der Waals surface area contributed by atoms with E-state index in [0.717, 1.165) is 26.0 Å². The molecule has 0 aromatic heterocycles. The van der Waals surface area contributed by atoms with Crippen molar-refractivity contribution < 1.29 is 0 Å². The topological polar surface area (TPSA) is 3.24 Å². The summed E-state index contributed by atoms with van der Waals surface area (Å²) in [6.45, 7) is 0. The van der Waals surface area contributed by atoms with Crippen molar-refractivity contribution in [2.45, 2.75) is 0 Å². The number of rotatable bonds is 5. The van der Waals surface area contributed by atoms with E-state index in [0.29, 0.717) is 0 Å². The highest BCUT2D eigenvalue weighted by atomic mass is 79.9. The molecule has 10 aromatic rings. The molecule has 0 aliphatic heterocycles. The summed E-state index contributed by atoms with van der Waals surface area (Å²) >= 11 is 7.36. The molecule has 11 rings (SSSR count). The molecule has 0 amide bonds. The van der Waals surface area contributed by atoms with Gasteiger partial charge in [0.1, 0.15) is 0 Å². The van der Waals surface area contributed by atoms with Crippen molar-refractivity contribution in [3.63, 3.8) is 0 Å². The lowest BCUT2D eigenvalue weighted by atomic mass is 9.82. The van der Waals surface area contributed by atoms with Crippen LogP contribution in [0.15, 0.2) is 197 Å². The van der Waals surface area contributed by atoms with Crippen LogP contribution in [0.25, 0.3) is 87.6 Å². The second-order valence-electron chi connectivity index (χ2n) is 14.3. The molecule has 0 unspecified atom stereocenters. The molecule has 3 heteroatoms. The highest BCUT2D eigenvalue weighted by Gasteiger charge is 2.32. The minimum Gasteiger partial charge on any atom is -0.310 e. The summed E-state index contributed by atoms with van der Waals surface area (Å²) in [4.78, 5) is 2.45. The van der Waals surface area contributed by atoms with Gasteiger partial charge in [0.2, 0.25) is 0 Å². The molecule has 0 heterocycles. The van der Waals surface area contributed by atoms with Crippen LogP contribution in [-0.4, -0.2) is 0 Å². The molecular weight excluding hydrogens is 798 g/mol. The third-order valence-electron chi connectivity index (χ3n) is 11.2. The molecule has 55 heavy (non-hydrogen) atoms. The van der Waals surface area contributed by atoms with E-state index in [2.05, 4.69) is 225 Å². The van der Waals surface area contributed by atoms with Gasteiger partial charge in [-0.05, 0) is 137 Å². The van der Waals surface area contributed by atoms with Crippen molar-refractivity contribution in [3.8, 4) is 44.5 Å². The smallest absolute Gasteiger partial charge is 0.0540 e. The lowest BCUT2D eigenvalue weighted by Gasteiger charge is -2.28. The summed E-state index contributed by atoms with van der Waals surface area (Å²) in [6, 6.07) is 69.1. The summed E-state index contributed by atoms with van der Waals surface area (Å²) < 4.78 is 2.16. The van der Waals surface area contributed by atoms with E-state index in [-0.39, 0.29) is 0 Å². The molecule has 0 fully saturated rings. The van der Waals surface area contributed by atoms with Gasteiger partial charge in [-0.2, -0.15) is 0 Å². The molecule has 0 saturated heterocycles. The zero-order chi connectivity index (χ0) is 36.6.